The highest BCUT2D eigenvalue weighted by atomic mass is 32.2. The number of aromatic nitrogens is 3. The topological polar surface area (TPSA) is 38.7 Å². The Morgan fingerprint density at radius 1 is 1.05 bits per heavy atom. The fraction of sp³-hybridized carbons (Fsp3) is 0.235. The van der Waals surface area contributed by atoms with Crippen molar-refractivity contribution in [3.63, 3.8) is 0 Å². The Kier molecular flexibility index (Phi) is 4.55. The molecule has 0 amide bonds. The van der Waals surface area contributed by atoms with Crippen LogP contribution in [0.2, 0.25) is 0 Å². The maximum atomic E-state index is 4.44. The maximum Gasteiger partial charge on any atom is 0.119 e. The van der Waals surface area contributed by atoms with Gasteiger partial charge in [-0.15, -0.1) is 21.5 Å². The van der Waals surface area contributed by atoms with Crippen molar-refractivity contribution in [2.45, 2.75) is 31.6 Å². The van der Waals surface area contributed by atoms with Crippen LogP contribution in [0.3, 0.4) is 0 Å². The molecule has 1 aromatic carbocycles. The van der Waals surface area contributed by atoms with Gasteiger partial charge in [-0.1, -0.05) is 41.6 Å². The summed E-state index contributed by atoms with van der Waals surface area (Å²) >= 11 is 3.37. The van der Waals surface area contributed by atoms with Gasteiger partial charge < -0.3 is 0 Å². The van der Waals surface area contributed by atoms with E-state index in [-0.39, 0.29) is 0 Å². The zero-order valence-electron chi connectivity index (χ0n) is 12.8. The van der Waals surface area contributed by atoms with Crippen molar-refractivity contribution in [3.8, 4) is 10.6 Å². The number of hydrogen-bond acceptors (Lipinski definition) is 5. The summed E-state index contributed by atoms with van der Waals surface area (Å²) < 4.78 is 0. The van der Waals surface area contributed by atoms with Crippen LogP contribution in [-0.2, 0) is 5.75 Å². The van der Waals surface area contributed by atoms with Crippen molar-refractivity contribution < 1.29 is 0 Å². The third-order valence-corrected chi connectivity index (χ3v) is 5.33. The number of nitrogens with zero attached hydrogens (tertiary/aromatic N) is 3. The number of aryl methyl sites for hydroxylation is 3. The summed E-state index contributed by atoms with van der Waals surface area (Å²) in [5.41, 5.74) is 4.53. The minimum Gasteiger partial charge on any atom is -0.246 e. The molecule has 3 nitrogen and oxygen atoms in total. The van der Waals surface area contributed by atoms with Crippen molar-refractivity contribution in [1.29, 1.82) is 0 Å². The van der Waals surface area contributed by atoms with E-state index in [0.29, 0.717) is 0 Å². The minimum atomic E-state index is 0.906. The summed E-state index contributed by atoms with van der Waals surface area (Å²) in [6.07, 6.45) is 0. The van der Waals surface area contributed by atoms with Gasteiger partial charge in [-0.25, -0.2) is 4.98 Å². The van der Waals surface area contributed by atoms with Gasteiger partial charge in [-0.3, -0.25) is 0 Å². The molecule has 0 N–H and O–H groups in total. The molecule has 22 heavy (non-hydrogen) atoms. The zero-order chi connectivity index (χ0) is 15.5. The molecule has 0 fully saturated rings. The highest BCUT2D eigenvalue weighted by Gasteiger charge is 2.09. The second-order valence-corrected chi connectivity index (χ2v) is 7.38. The summed E-state index contributed by atoms with van der Waals surface area (Å²) in [6.45, 7) is 6.14. The first-order valence-corrected chi connectivity index (χ1v) is 8.88. The molecule has 0 unspecified atom stereocenters. The van der Waals surface area contributed by atoms with Crippen molar-refractivity contribution in [2.24, 2.45) is 0 Å². The standard InChI is InChI=1S/C17H17N3S2/c1-11-5-4-6-14(9-11)10-21-16-8-7-15(19-20-16)17-12(2)18-13(3)22-17/h4-9H,10H2,1-3H3. The number of rotatable bonds is 4. The van der Waals surface area contributed by atoms with E-state index in [9.17, 15) is 0 Å². The molecule has 112 valence electrons. The predicted octanol–water partition coefficient (Wildman–Crippen LogP) is 4.82. The highest BCUT2D eigenvalue weighted by molar-refractivity contribution is 7.98. The lowest BCUT2D eigenvalue weighted by molar-refractivity contribution is 0.935. The lowest BCUT2D eigenvalue weighted by Gasteiger charge is -2.03. The van der Waals surface area contributed by atoms with Crippen LogP contribution in [0, 0.1) is 20.8 Å². The molecule has 0 aliphatic carbocycles. The predicted molar refractivity (Wildman–Crippen MR) is 93.4 cm³/mol. The molecule has 0 aliphatic rings. The van der Waals surface area contributed by atoms with Gasteiger partial charge in [0.2, 0.25) is 0 Å². The van der Waals surface area contributed by atoms with Crippen molar-refractivity contribution in [2.75, 3.05) is 0 Å². The Hall–Kier alpha value is -1.72. The van der Waals surface area contributed by atoms with E-state index >= 15 is 0 Å². The summed E-state index contributed by atoms with van der Waals surface area (Å²) in [6, 6.07) is 12.6. The fourth-order valence-corrected chi connectivity index (χ4v) is 3.89. The average molecular weight is 327 g/mol. The van der Waals surface area contributed by atoms with E-state index in [0.717, 1.165) is 32.1 Å². The SMILES string of the molecule is Cc1cccc(CSc2ccc(-c3sc(C)nc3C)nn2)c1. The van der Waals surface area contributed by atoms with E-state index in [4.69, 9.17) is 0 Å². The third kappa shape index (κ3) is 3.54. The van der Waals surface area contributed by atoms with Gasteiger partial charge in [0.1, 0.15) is 10.7 Å². The van der Waals surface area contributed by atoms with Gasteiger partial charge in [0.25, 0.3) is 0 Å². The third-order valence-electron chi connectivity index (χ3n) is 3.25. The minimum absolute atomic E-state index is 0.906. The van der Waals surface area contributed by atoms with E-state index in [1.54, 1.807) is 23.1 Å². The smallest absolute Gasteiger partial charge is 0.119 e. The van der Waals surface area contributed by atoms with Crippen molar-refractivity contribution in [1.82, 2.24) is 15.2 Å². The largest absolute Gasteiger partial charge is 0.246 e. The van der Waals surface area contributed by atoms with Gasteiger partial charge in [0.15, 0.2) is 0 Å². The van der Waals surface area contributed by atoms with Gasteiger partial charge in [-0.05, 0) is 38.5 Å². The lowest BCUT2D eigenvalue weighted by atomic mass is 10.2. The number of thioether (sulfide) groups is 1. The molecule has 5 heteroatoms. The summed E-state index contributed by atoms with van der Waals surface area (Å²) in [5, 5.41) is 10.7. The summed E-state index contributed by atoms with van der Waals surface area (Å²) in [5.74, 6) is 0.911. The number of benzene rings is 1. The van der Waals surface area contributed by atoms with Crippen LogP contribution in [0.1, 0.15) is 21.8 Å². The Morgan fingerprint density at radius 2 is 1.91 bits per heavy atom. The Balaban J connectivity index is 1.70. The molecule has 0 bridgehead atoms. The van der Waals surface area contributed by atoms with Crippen LogP contribution < -0.4 is 0 Å². The highest BCUT2D eigenvalue weighted by Crippen LogP contribution is 2.29. The van der Waals surface area contributed by atoms with E-state index in [1.807, 2.05) is 26.0 Å². The van der Waals surface area contributed by atoms with Crippen LogP contribution in [0.15, 0.2) is 41.4 Å². The first-order valence-electron chi connectivity index (χ1n) is 7.08. The average Bonchev–Trinajstić information content (AvgIpc) is 2.84. The molecule has 0 saturated carbocycles. The van der Waals surface area contributed by atoms with Gasteiger partial charge in [-0.2, -0.15) is 0 Å². The van der Waals surface area contributed by atoms with Crippen LogP contribution in [-0.4, -0.2) is 15.2 Å². The van der Waals surface area contributed by atoms with Crippen LogP contribution >= 0.6 is 23.1 Å². The maximum absolute atomic E-state index is 4.44. The van der Waals surface area contributed by atoms with Gasteiger partial charge >= 0.3 is 0 Å². The van der Waals surface area contributed by atoms with Crippen LogP contribution in [0.5, 0.6) is 0 Å². The Labute approximate surface area is 138 Å². The fourth-order valence-electron chi connectivity index (χ4n) is 2.25. The van der Waals surface area contributed by atoms with Crippen LogP contribution in [0.25, 0.3) is 10.6 Å². The molecule has 0 aliphatic heterocycles. The monoisotopic (exact) mass is 327 g/mol. The first-order chi connectivity index (χ1) is 10.6. The van der Waals surface area contributed by atoms with Crippen LogP contribution in [0.4, 0.5) is 0 Å². The zero-order valence-corrected chi connectivity index (χ0v) is 14.5. The number of thiazole rings is 1. The van der Waals surface area contributed by atoms with E-state index in [1.165, 1.54) is 11.1 Å². The van der Waals surface area contributed by atoms with Gasteiger partial charge in [0.05, 0.1) is 15.6 Å². The second kappa shape index (κ2) is 6.58. The van der Waals surface area contributed by atoms with Crippen molar-refractivity contribution in [3.05, 3.63) is 58.2 Å². The second-order valence-electron chi connectivity index (χ2n) is 5.18. The summed E-state index contributed by atoms with van der Waals surface area (Å²) in [7, 11) is 0. The Morgan fingerprint density at radius 3 is 2.55 bits per heavy atom. The summed E-state index contributed by atoms with van der Waals surface area (Å²) in [4.78, 5) is 5.55. The lowest BCUT2D eigenvalue weighted by Crippen LogP contribution is -1.90. The molecule has 2 heterocycles. The molecule has 3 rings (SSSR count). The first kappa shape index (κ1) is 15.2. The van der Waals surface area contributed by atoms with Crippen molar-refractivity contribution >= 4 is 23.1 Å². The molecule has 0 atom stereocenters. The quantitative estimate of drug-likeness (QED) is 0.644. The molecular weight excluding hydrogens is 310 g/mol. The number of hydrogen-bond donors (Lipinski definition) is 0. The molecule has 0 radical (unpaired) electrons. The molecule has 0 spiro atoms. The molecule has 2 aromatic heterocycles. The normalized spacial score (nSPS) is 10.9. The molecular formula is C17H17N3S2. The van der Waals surface area contributed by atoms with Gasteiger partial charge in [0, 0.05) is 5.75 Å². The molecule has 3 aromatic rings. The molecule has 0 saturated heterocycles. The van der Waals surface area contributed by atoms with E-state index < -0.39 is 0 Å². The van der Waals surface area contributed by atoms with E-state index in [2.05, 4.69) is 46.4 Å². The Bertz CT molecular complexity index is 779.